The lowest BCUT2D eigenvalue weighted by Crippen LogP contribution is -2.41. The third kappa shape index (κ3) is 2.95. The van der Waals surface area contributed by atoms with Crippen LogP contribution in [0.15, 0.2) is 23.0 Å². The van der Waals surface area contributed by atoms with E-state index in [0.29, 0.717) is 18.4 Å². The van der Waals surface area contributed by atoms with Crippen molar-refractivity contribution in [1.82, 2.24) is 9.55 Å². The standard InChI is InChI=1S/C16H16F3N3O2/c1-9-3-4-22-15(21(9)2)7-14(20-16(22)23)24-8-10-5-12(18)13(19)6-11(10)17/h5-7,9H,3-4,8H2,1-2H3/t9-/m1/s1/i8D2. The highest BCUT2D eigenvalue weighted by Crippen LogP contribution is 2.24. The van der Waals surface area contributed by atoms with Crippen LogP contribution in [0.4, 0.5) is 19.0 Å². The lowest BCUT2D eigenvalue weighted by atomic mass is 10.1. The Balaban J connectivity index is 2.00. The van der Waals surface area contributed by atoms with Crippen molar-refractivity contribution in [1.29, 1.82) is 0 Å². The lowest BCUT2D eigenvalue weighted by molar-refractivity contribution is 0.282. The van der Waals surface area contributed by atoms with E-state index in [1.54, 1.807) is 7.05 Å². The number of hydrogen-bond donors (Lipinski definition) is 0. The summed E-state index contributed by atoms with van der Waals surface area (Å²) >= 11 is 0. The SMILES string of the molecule is [2H]C([2H])(Oc1cc2n(c(=O)n1)CC[C@@H](C)N2C)c1cc(F)c(F)cc1F. The molecule has 2 aromatic rings. The molecule has 0 N–H and O–H groups in total. The highest BCUT2D eigenvalue weighted by Gasteiger charge is 2.22. The lowest BCUT2D eigenvalue weighted by Gasteiger charge is -2.34. The largest absolute Gasteiger partial charge is 0.472 e. The van der Waals surface area contributed by atoms with Crippen LogP contribution in [0.25, 0.3) is 0 Å². The van der Waals surface area contributed by atoms with Gasteiger partial charge in [-0.3, -0.25) is 4.57 Å². The van der Waals surface area contributed by atoms with Crippen molar-refractivity contribution in [2.24, 2.45) is 0 Å². The summed E-state index contributed by atoms with van der Waals surface area (Å²) < 4.78 is 62.5. The number of fused-ring (bicyclic) bond motifs is 1. The molecule has 1 aliphatic heterocycles. The number of aromatic nitrogens is 2. The first-order valence-electron chi connectivity index (χ1n) is 8.29. The van der Waals surface area contributed by atoms with E-state index in [1.807, 2.05) is 11.8 Å². The quantitative estimate of drug-likeness (QED) is 0.805. The van der Waals surface area contributed by atoms with Gasteiger partial charge < -0.3 is 9.64 Å². The minimum atomic E-state index is -2.87. The molecular formula is C16H16F3N3O2. The molecule has 5 nitrogen and oxygen atoms in total. The first-order valence-corrected chi connectivity index (χ1v) is 7.29. The van der Waals surface area contributed by atoms with Crippen LogP contribution >= 0.6 is 0 Å². The average molecular weight is 341 g/mol. The van der Waals surface area contributed by atoms with Crippen molar-refractivity contribution >= 4 is 5.82 Å². The second-order valence-corrected chi connectivity index (χ2v) is 5.59. The van der Waals surface area contributed by atoms with Crippen molar-refractivity contribution < 1.29 is 20.6 Å². The Kier molecular flexibility index (Phi) is 3.58. The van der Waals surface area contributed by atoms with Crippen LogP contribution in [0.1, 0.15) is 21.6 Å². The average Bonchev–Trinajstić information content (AvgIpc) is 2.54. The van der Waals surface area contributed by atoms with E-state index in [0.717, 1.165) is 6.42 Å². The van der Waals surface area contributed by atoms with Gasteiger partial charge in [0.05, 0.1) is 2.74 Å². The monoisotopic (exact) mass is 341 g/mol. The van der Waals surface area contributed by atoms with Gasteiger partial charge in [0.25, 0.3) is 0 Å². The maximum absolute atomic E-state index is 13.9. The highest BCUT2D eigenvalue weighted by molar-refractivity contribution is 5.43. The summed E-state index contributed by atoms with van der Waals surface area (Å²) in [7, 11) is 1.77. The fourth-order valence-electron chi connectivity index (χ4n) is 2.47. The molecule has 0 amide bonds. The molecule has 128 valence electrons. The van der Waals surface area contributed by atoms with E-state index >= 15 is 0 Å². The molecule has 2 heterocycles. The molecule has 0 saturated carbocycles. The Morgan fingerprint density at radius 3 is 2.75 bits per heavy atom. The second kappa shape index (κ2) is 6.18. The number of halogens is 3. The first-order chi connectivity index (χ1) is 12.1. The second-order valence-electron chi connectivity index (χ2n) is 5.59. The summed E-state index contributed by atoms with van der Waals surface area (Å²) in [5.41, 5.74) is -1.48. The van der Waals surface area contributed by atoms with Gasteiger partial charge >= 0.3 is 5.69 Å². The van der Waals surface area contributed by atoms with E-state index in [-0.39, 0.29) is 18.0 Å². The minimum absolute atomic E-state index is 0.144. The molecule has 1 atom stereocenters. The van der Waals surface area contributed by atoms with Crippen molar-refractivity contribution in [2.75, 3.05) is 11.9 Å². The first kappa shape index (κ1) is 13.9. The fraction of sp³-hybridized carbons (Fsp3) is 0.375. The van der Waals surface area contributed by atoms with Crippen LogP contribution in [-0.4, -0.2) is 22.6 Å². The van der Waals surface area contributed by atoms with Gasteiger partial charge in [-0.15, -0.1) is 0 Å². The van der Waals surface area contributed by atoms with Crippen LogP contribution < -0.4 is 15.3 Å². The Morgan fingerprint density at radius 1 is 1.29 bits per heavy atom. The Hall–Kier alpha value is -2.51. The molecule has 0 fully saturated rings. The van der Waals surface area contributed by atoms with Gasteiger partial charge in [0.1, 0.15) is 18.2 Å². The molecule has 1 aliphatic rings. The molecule has 8 heteroatoms. The summed E-state index contributed by atoms with van der Waals surface area (Å²) in [6.07, 6.45) is 0.742. The van der Waals surface area contributed by atoms with Gasteiger partial charge in [-0.1, -0.05) is 0 Å². The van der Waals surface area contributed by atoms with Crippen molar-refractivity contribution in [2.45, 2.75) is 32.5 Å². The zero-order chi connectivity index (χ0) is 19.2. The van der Waals surface area contributed by atoms with Gasteiger partial charge in [0, 0.05) is 37.3 Å². The number of nitrogens with zero attached hydrogens (tertiary/aromatic N) is 3. The summed E-state index contributed by atoms with van der Waals surface area (Å²) in [4.78, 5) is 17.6. The highest BCUT2D eigenvalue weighted by atomic mass is 19.2. The molecule has 0 aliphatic carbocycles. The van der Waals surface area contributed by atoms with E-state index in [9.17, 15) is 18.0 Å². The van der Waals surface area contributed by atoms with Gasteiger partial charge in [0.2, 0.25) is 5.88 Å². The maximum atomic E-state index is 13.9. The van der Waals surface area contributed by atoms with E-state index in [4.69, 9.17) is 7.48 Å². The molecule has 0 saturated heterocycles. The molecule has 1 aromatic carbocycles. The number of anilines is 1. The smallest absolute Gasteiger partial charge is 0.352 e. The Bertz CT molecular complexity index is 920. The topological polar surface area (TPSA) is 47.4 Å². The number of benzene rings is 1. The maximum Gasteiger partial charge on any atom is 0.352 e. The van der Waals surface area contributed by atoms with Gasteiger partial charge in [-0.2, -0.15) is 4.98 Å². The summed E-state index contributed by atoms with van der Waals surface area (Å²) in [6, 6.07) is 2.11. The summed E-state index contributed by atoms with van der Waals surface area (Å²) in [5, 5.41) is 0. The zero-order valence-corrected chi connectivity index (χ0v) is 13.0. The molecule has 0 radical (unpaired) electrons. The Morgan fingerprint density at radius 2 is 2.00 bits per heavy atom. The molecule has 3 rings (SSSR count). The normalized spacial score (nSPS) is 18.7. The predicted octanol–water partition coefficient (Wildman–Crippen LogP) is 2.47. The van der Waals surface area contributed by atoms with Gasteiger partial charge in [0.15, 0.2) is 11.6 Å². The third-order valence-corrected chi connectivity index (χ3v) is 4.03. The molecular weight excluding hydrogens is 323 g/mol. The van der Waals surface area contributed by atoms with E-state index in [2.05, 4.69) is 4.98 Å². The van der Waals surface area contributed by atoms with E-state index < -0.39 is 35.3 Å². The molecule has 0 unspecified atom stereocenters. The number of rotatable bonds is 3. The van der Waals surface area contributed by atoms with Crippen LogP contribution in [0, 0.1) is 17.5 Å². The molecule has 1 aromatic heterocycles. The van der Waals surface area contributed by atoms with Gasteiger partial charge in [-0.25, -0.2) is 18.0 Å². The Labute approximate surface area is 139 Å². The molecule has 24 heavy (non-hydrogen) atoms. The predicted molar refractivity (Wildman–Crippen MR) is 81.6 cm³/mol. The van der Waals surface area contributed by atoms with Gasteiger partial charge in [-0.05, 0) is 19.4 Å². The van der Waals surface area contributed by atoms with Crippen LogP contribution in [-0.2, 0) is 13.1 Å². The van der Waals surface area contributed by atoms with Crippen LogP contribution in [0.2, 0.25) is 0 Å². The molecule has 0 bridgehead atoms. The summed E-state index contributed by atoms with van der Waals surface area (Å²) in [6.45, 7) is -0.446. The summed E-state index contributed by atoms with van der Waals surface area (Å²) in [5.74, 6) is -4.07. The third-order valence-electron chi connectivity index (χ3n) is 4.03. The van der Waals surface area contributed by atoms with Crippen LogP contribution in [0.5, 0.6) is 5.88 Å². The molecule has 0 spiro atoms. The van der Waals surface area contributed by atoms with Crippen molar-refractivity contribution in [3.8, 4) is 5.88 Å². The number of hydrogen-bond acceptors (Lipinski definition) is 4. The number of ether oxygens (including phenoxy) is 1. The van der Waals surface area contributed by atoms with E-state index in [1.165, 1.54) is 10.6 Å². The van der Waals surface area contributed by atoms with Crippen molar-refractivity contribution in [3.05, 3.63) is 51.7 Å². The van der Waals surface area contributed by atoms with Crippen molar-refractivity contribution in [3.63, 3.8) is 0 Å². The minimum Gasteiger partial charge on any atom is -0.472 e. The zero-order valence-electron chi connectivity index (χ0n) is 15.0. The fourth-order valence-corrected chi connectivity index (χ4v) is 2.47. The van der Waals surface area contributed by atoms with Crippen LogP contribution in [0.3, 0.4) is 0 Å².